The summed E-state index contributed by atoms with van der Waals surface area (Å²) >= 11 is 6.19. The van der Waals surface area contributed by atoms with E-state index in [1.54, 1.807) is 12.1 Å². The standard InChI is InChI=1S/C21H24ClFN2O3/c1-27-19-12-15(11-18(22)20(19)28-2)21(26)24-17-7-9-25(10-8-17)13-14-3-5-16(23)6-4-14/h3-6,11-12,17H,7-10,13H2,1-2H3,(H,24,26). The first-order chi connectivity index (χ1) is 13.5. The number of amides is 1. The second kappa shape index (κ2) is 9.26. The van der Waals surface area contributed by atoms with Gasteiger partial charge in [-0.15, -0.1) is 0 Å². The molecule has 1 N–H and O–H groups in total. The molecule has 2 aromatic carbocycles. The minimum Gasteiger partial charge on any atom is -0.493 e. The van der Waals surface area contributed by atoms with Gasteiger partial charge < -0.3 is 14.8 Å². The lowest BCUT2D eigenvalue weighted by molar-refractivity contribution is 0.0908. The third-order valence-corrected chi connectivity index (χ3v) is 5.22. The maximum absolute atomic E-state index is 13.0. The molecule has 1 amide bonds. The number of hydrogen-bond acceptors (Lipinski definition) is 4. The molecule has 3 rings (SSSR count). The number of halogens is 2. The highest BCUT2D eigenvalue weighted by atomic mass is 35.5. The Morgan fingerprint density at radius 2 is 1.86 bits per heavy atom. The first kappa shape index (κ1) is 20.4. The van der Waals surface area contributed by atoms with E-state index in [4.69, 9.17) is 21.1 Å². The molecule has 1 aliphatic rings. The topological polar surface area (TPSA) is 50.8 Å². The highest BCUT2D eigenvalue weighted by molar-refractivity contribution is 6.32. The minimum absolute atomic E-state index is 0.101. The van der Waals surface area contributed by atoms with Crippen LogP contribution in [0.15, 0.2) is 36.4 Å². The molecule has 1 saturated heterocycles. The molecule has 7 heteroatoms. The number of rotatable bonds is 6. The molecular weight excluding hydrogens is 383 g/mol. The normalized spacial score (nSPS) is 15.3. The van der Waals surface area contributed by atoms with Crippen LogP contribution in [-0.4, -0.2) is 44.2 Å². The number of likely N-dealkylation sites (tertiary alicyclic amines) is 1. The van der Waals surface area contributed by atoms with E-state index < -0.39 is 0 Å². The second-order valence-corrected chi connectivity index (χ2v) is 7.25. The number of hydrogen-bond donors (Lipinski definition) is 1. The van der Waals surface area contributed by atoms with Crippen molar-refractivity contribution in [1.29, 1.82) is 0 Å². The third kappa shape index (κ3) is 4.94. The van der Waals surface area contributed by atoms with Crippen LogP contribution in [0.2, 0.25) is 5.02 Å². The van der Waals surface area contributed by atoms with Gasteiger partial charge in [0.1, 0.15) is 5.82 Å². The lowest BCUT2D eigenvalue weighted by Gasteiger charge is -2.32. The first-order valence-electron chi connectivity index (χ1n) is 9.19. The average molecular weight is 407 g/mol. The van der Waals surface area contributed by atoms with Crippen LogP contribution in [0.4, 0.5) is 4.39 Å². The summed E-state index contributed by atoms with van der Waals surface area (Å²) in [5, 5.41) is 3.41. The van der Waals surface area contributed by atoms with Gasteiger partial charge in [0, 0.05) is 31.2 Å². The van der Waals surface area contributed by atoms with Gasteiger partial charge in [0.2, 0.25) is 0 Å². The Morgan fingerprint density at radius 1 is 1.18 bits per heavy atom. The van der Waals surface area contributed by atoms with E-state index in [1.165, 1.54) is 26.4 Å². The summed E-state index contributed by atoms with van der Waals surface area (Å²) in [5.41, 5.74) is 1.53. The maximum Gasteiger partial charge on any atom is 0.251 e. The minimum atomic E-state index is -0.222. The Labute approximate surface area is 169 Å². The van der Waals surface area contributed by atoms with Crippen molar-refractivity contribution < 1.29 is 18.7 Å². The van der Waals surface area contributed by atoms with Gasteiger partial charge in [-0.05, 0) is 42.7 Å². The molecule has 0 aliphatic carbocycles. The highest BCUT2D eigenvalue weighted by Crippen LogP contribution is 2.36. The highest BCUT2D eigenvalue weighted by Gasteiger charge is 2.22. The van der Waals surface area contributed by atoms with Crippen LogP contribution in [-0.2, 0) is 6.54 Å². The van der Waals surface area contributed by atoms with Crippen molar-refractivity contribution in [2.45, 2.75) is 25.4 Å². The van der Waals surface area contributed by atoms with Crippen molar-refractivity contribution in [2.24, 2.45) is 0 Å². The molecular formula is C21H24ClFN2O3. The van der Waals surface area contributed by atoms with E-state index in [2.05, 4.69) is 10.2 Å². The average Bonchev–Trinajstić information content (AvgIpc) is 2.70. The van der Waals surface area contributed by atoms with Crippen LogP contribution in [0.5, 0.6) is 11.5 Å². The predicted molar refractivity (Wildman–Crippen MR) is 107 cm³/mol. The zero-order valence-electron chi connectivity index (χ0n) is 16.0. The smallest absolute Gasteiger partial charge is 0.251 e. The summed E-state index contributed by atoms with van der Waals surface area (Å²) in [6.07, 6.45) is 1.71. The van der Waals surface area contributed by atoms with Gasteiger partial charge >= 0.3 is 0 Å². The number of carbonyl (C=O) groups is 1. The lowest BCUT2D eigenvalue weighted by atomic mass is 10.0. The van der Waals surface area contributed by atoms with Gasteiger partial charge in [-0.25, -0.2) is 4.39 Å². The number of ether oxygens (including phenoxy) is 2. The van der Waals surface area contributed by atoms with Gasteiger partial charge in [-0.2, -0.15) is 0 Å². The summed E-state index contributed by atoms with van der Waals surface area (Å²) < 4.78 is 23.5. The first-order valence-corrected chi connectivity index (χ1v) is 9.57. The lowest BCUT2D eigenvalue weighted by Crippen LogP contribution is -2.44. The van der Waals surface area contributed by atoms with E-state index in [0.717, 1.165) is 38.0 Å². The molecule has 2 aromatic rings. The summed E-state index contributed by atoms with van der Waals surface area (Å²) in [5.74, 6) is 0.435. The SMILES string of the molecule is COc1cc(C(=O)NC2CCN(Cc3ccc(F)cc3)CC2)cc(Cl)c1OC. The van der Waals surface area contributed by atoms with Crippen molar-refractivity contribution in [3.8, 4) is 11.5 Å². The van der Waals surface area contributed by atoms with Crippen molar-refractivity contribution in [2.75, 3.05) is 27.3 Å². The molecule has 0 bridgehead atoms. The predicted octanol–water partition coefficient (Wildman–Crippen LogP) is 3.89. The molecule has 0 unspecified atom stereocenters. The van der Waals surface area contributed by atoms with Crippen molar-refractivity contribution in [3.05, 3.63) is 58.4 Å². The summed E-state index contributed by atoms with van der Waals surface area (Å²) in [4.78, 5) is 14.9. The van der Waals surface area contributed by atoms with E-state index >= 15 is 0 Å². The quantitative estimate of drug-likeness (QED) is 0.790. The summed E-state index contributed by atoms with van der Waals surface area (Å²) in [7, 11) is 3.01. The van der Waals surface area contributed by atoms with E-state index in [-0.39, 0.29) is 17.8 Å². The molecule has 0 atom stereocenters. The van der Waals surface area contributed by atoms with Crippen LogP contribution in [0.3, 0.4) is 0 Å². The number of piperidine rings is 1. The van der Waals surface area contributed by atoms with Gasteiger partial charge in [0.15, 0.2) is 11.5 Å². The Hall–Kier alpha value is -2.31. The van der Waals surface area contributed by atoms with Crippen LogP contribution >= 0.6 is 11.6 Å². The van der Waals surface area contributed by atoms with Gasteiger partial charge in [-0.3, -0.25) is 9.69 Å². The molecule has 0 aromatic heterocycles. The van der Waals surface area contributed by atoms with E-state index in [0.29, 0.717) is 22.1 Å². The zero-order chi connectivity index (χ0) is 20.1. The molecule has 28 heavy (non-hydrogen) atoms. The molecule has 1 aliphatic heterocycles. The van der Waals surface area contributed by atoms with Crippen LogP contribution in [0.25, 0.3) is 0 Å². The third-order valence-electron chi connectivity index (χ3n) is 4.94. The number of carbonyl (C=O) groups excluding carboxylic acids is 1. The van der Waals surface area contributed by atoms with Gasteiger partial charge in [-0.1, -0.05) is 23.7 Å². The van der Waals surface area contributed by atoms with Crippen molar-refractivity contribution >= 4 is 17.5 Å². The Kier molecular flexibility index (Phi) is 6.75. The summed E-state index contributed by atoms with van der Waals surface area (Å²) in [6.45, 7) is 2.52. The zero-order valence-corrected chi connectivity index (χ0v) is 16.8. The molecule has 0 saturated carbocycles. The van der Waals surface area contributed by atoms with Gasteiger partial charge in [0.25, 0.3) is 5.91 Å². The monoisotopic (exact) mass is 406 g/mol. The number of nitrogens with one attached hydrogen (secondary N) is 1. The fourth-order valence-corrected chi connectivity index (χ4v) is 3.69. The fourth-order valence-electron chi connectivity index (χ4n) is 3.40. The molecule has 150 valence electrons. The Morgan fingerprint density at radius 3 is 2.46 bits per heavy atom. The Bertz CT molecular complexity index is 821. The van der Waals surface area contributed by atoms with Crippen molar-refractivity contribution in [3.63, 3.8) is 0 Å². The number of methoxy groups -OCH3 is 2. The van der Waals surface area contributed by atoms with Crippen molar-refractivity contribution in [1.82, 2.24) is 10.2 Å². The van der Waals surface area contributed by atoms with E-state index in [1.807, 2.05) is 12.1 Å². The molecule has 0 radical (unpaired) electrons. The van der Waals surface area contributed by atoms with Crippen LogP contribution in [0, 0.1) is 5.82 Å². The van der Waals surface area contributed by atoms with E-state index in [9.17, 15) is 9.18 Å². The van der Waals surface area contributed by atoms with Crippen LogP contribution < -0.4 is 14.8 Å². The molecule has 0 spiro atoms. The maximum atomic E-state index is 13.0. The summed E-state index contributed by atoms with van der Waals surface area (Å²) in [6, 6.07) is 9.90. The largest absolute Gasteiger partial charge is 0.493 e. The van der Waals surface area contributed by atoms with Crippen LogP contribution in [0.1, 0.15) is 28.8 Å². The number of nitrogens with zero attached hydrogens (tertiary/aromatic N) is 1. The fraction of sp³-hybridized carbons (Fsp3) is 0.381. The van der Waals surface area contributed by atoms with Gasteiger partial charge in [0.05, 0.1) is 19.2 Å². The number of benzene rings is 2. The molecule has 1 heterocycles. The molecule has 1 fully saturated rings. The Balaban J connectivity index is 1.55. The second-order valence-electron chi connectivity index (χ2n) is 6.84. The molecule has 5 nitrogen and oxygen atoms in total.